The zero-order valence-electron chi connectivity index (χ0n) is 13.1. The van der Waals surface area contributed by atoms with Crippen molar-refractivity contribution in [3.8, 4) is 6.07 Å². The summed E-state index contributed by atoms with van der Waals surface area (Å²) in [5, 5.41) is 9.29. The lowest BCUT2D eigenvalue weighted by Crippen LogP contribution is -2.49. The van der Waals surface area contributed by atoms with Crippen LogP contribution in [-0.4, -0.2) is 44.1 Å². The number of unbranched alkanes of at least 4 members (excludes halogenated alkanes) is 1. The summed E-state index contributed by atoms with van der Waals surface area (Å²) in [7, 11) is 0.290. The molecule has 23 heavy (non-hydrogen) atoms. The number of carbonyl (C=O) groups is 2. The van der Waals surface area contributed by atoms with Crippen molar-refractivity contribution in [2.45, 2.75) is 26.2 Å². The molecule has 0 saturated carbocycles. The van der Waals surface area contributed by atoms with E-state index >= 15 is 0 Å². The fraction of sp³-hybridized carbons (Fsp3) is 0.500. The minimum Gasteiger partial charge on any atom is -0.494 e. The van der Waals surface area contributed by atoms with Gasteiger partial charge in [-0.05, 0) is 13.5 Å². The highest BCUT2D eigenvalue weighted by atomic mass is 16.6. The van der Waals surface area contributed by atoms with Crippen LogP contribution in [0.25, 0.3) is 0 Å². The van der Waals surface area contributed by atoms with Crippen molar-refractivity contribution in [1.29, 1.82) is 5.26 Å². The zero-order valence-corrected chi connectivity index (χ0v) is 13.1. The second-order valence-electron chi connectivity index (χ2n) is 5.38. The van der Waals surface area contributed by atoms with Crippen molar-refractivity contribution in [1.82, 2.24) is 4.90 Å². The molecule has 1 aromatic rings. The molecule has 0 radical (unpaired) electrons. The van der Waals surface area contributed by atoms with Gasteiger partial charge in [0.2, 0.25) is 5.88 Å². The van der Waals surface area contributed by atoms with Crippen LogP contribution in [-0.2, 0) is 25.3 Å². The molecule has 0 aliphatic carbocycles. The van der Waals surface area contributed by atoms with E-state index in [4.69, 9.17) is 19.5 Å². The summed E-state index contributed by atoms with van der Waals surface area (Å²) in [5.74, 6) is -0.787. The van der Waals surface area contributed by atoms with Crippen LogP contribution in [0.2, 0.25) is 0 Å². The Labute approximate surface area is 134 Å². The quantitative estimate of drug-likeness (QED) is 0.758. The molecule has 0 aromatic carbocycles. The fourth-order valence-electron chi connectivity index (χ4n) is 2.35. The van der Waals surface area contributed by atoms with Gasteiger partial charge in [0.05, 0.1) is 18.6 Å². The summed E-state index contributed by atoms with van der Waals surface area (Å²) in [6, 6.07) is 1.92. The molecule has 1 saturated heterocycles. The van der Waals surface area contributed by atoms with E-state index in [2.05, 4.69) is 0 Å². The summed E-state index contributed by atoms with van der Waals surface area (Å²) in [5.41, 5.74) is 5.98. The zero-order chi connectivity index (χ0) is 17.0. The summed E-state index contributed by atoms with van der Waals surface area (Å²) in [4.78, 5) is 25.2. The largest absolute Gasteiger partial charge is 0.641 e. The molecule has 9 heteroatoms. The topological polar surface area (TPSA) is 119 Å². The van der Waals surface area contributed by atoms with Crippen molar-refractivity contribution in [2.24, 2.45) is 0 Å². The van der Waals surface area contributed by atoms with E-state index in [1.165, 1.54) is 4.90 Å². The Bertz CT molecular complexity index is 632. The summed E-state index contributed by atoms with van der Waals surface area (Å²) in [6.07, 6.45) is 2.20. The molecule has 2 N–H and O–H groups in total. The van der Waals surface area contributed by atoms with Crippen molar-refractivity contribution < 1.29 is 23.3 Å². The molecule has 1 aliphatic rings. The molecule has 8 nitrogen and oxygen atoms in total. The summed E-state index contributed by atoms with van der Waals surface area (Å²) in [6.45, 7) is 1.90. The molecular weight excluding hydrogens is 301 g/mol. The highest BCUT2D eigenvalue weighted by Gasteiger charge is 2.40. The van der Waals surface area contributed by atoms with Gasteiger partial charge in [0.15, 0.2) is 0 Å². The van der Waals surface area contributed by atoms with Crippen LogP contribution < -0.4 is 11.2 Å². The number of nitriles is 1. The maximum atomic E-state index is 11.9. The Morgan fingerprint density at radius 3 is 2.43 bits per heavy atom. The van der Waals surface area contributed by atoms with E-state index in [1.54, 1.807) is 7.05 Å². The van der Waals surface area contributed by atoms with Gasteiger partial charge in [-0.15, -0.1) is 0 Å². The molecule has 2 heterocycles. The summed E-state index contributed by atoms with van der Waals surface area (Å²) >= 11 is 0. The highest BCUT2D eigenvalue weighted by Crippen LogP contribution is 2.19. The standard InChI is InChI=1S/C14H18BN3O5/c1-3-4-5-10-13(9(6-16)14(17)21-10)15-22-11(19)7-18(2)8-12(20)23-15/h3-5,7-8,17H2,1-2H3. The molecule has 0 spiro atoms. The number of likely N-dealkylation sites (N-methyl/N-ethyl adjacent to an activating group) is 1. The Kier molecular flexibility index (Phi) is 5.29. The third-order valence-corrected chi connectivity index (χ3v) is 3.43. The van der Waals surface area contributed by atoms with E-state index in [0.717, 1.165) is 12.8 Å². The van der Waals surface area contributed by atoms with Crippen LogP contribution in [0, 0.1) is 11.3 Å². The van der Waals surface area contributed by atoms with Crippen LogP contribution >= 0.6 is 0 Å². The minimum atomic E-state index is -1.31. The van der Waals surface area contributed by atoms with Crippen LogP contribution in [0.4, 0.5) is 5.88 Å². The van der Waals surface area contributed by atoms with Gasteiger partial charge in [-0.25, -0.2) is 0 Å². The molecule has 1 aromatic heterocycles. The minimum absolute atomic E-state index is 0.0376. The Hall–Kier alpha value is -2.47. The van der Waals surface area contributed by atoms with E-state index in [9.17, 15) is 14.9 Å². The maximum absolute atomic E-state index is 11.9. The molecule has 1 fully saturated rings. The van der Waals surface area contributed by atoms with E-state index < -0.39 is 19.1 Å². The third-order valence-electron chi connectivity index (χ3n) is 3.43. The van der Waals surface area contributed by atoms with Gasteiger partial charge >= 0.3 is 19.1 Å². The Balaban J connectivity index is 2.39. The van der Waals surface area contributed by atoms with E-state index in [0.29, 0.717) is 12.2 Å². The smallest absolute Gasteiger partial charge is 0.494 e. The first-order valence-corrected chi connectivity index (χ1v) is 7.34. The van der Waals surface area contributed by atoms with Crippen LogP contribution in [0.15, 0.2) is 4.42 Å². The Morgan fingerprint density at radius 1 is 1.30 bits per heavy atom. The second kappa shape index (κ2) is 7.20. The Morgan fingerprint density at radius 2 is 1.91 bits per heavy atom. The van der Waals surface area contributed by atoms with Gasteiger partial charge in [-0.1, -0.05) is 13.3 Å². The number of carbonyl (C=O) groups excluding carboxylic acids is 2. The molecule has 0 bridgehead atoms. The molecule has 122 valence electrons. The van der Waals surface area contributed by atoms with Gasteiger partial charge < -0.3 is 19.5 Å². The van der Waals surface area contributed by atoms with E-state index in [1.807, 2.05) is 13.0 Å². The van der Waals surface area contributed by atoms with Gasteiger partial charge in [0, 0.05) is 6.42 Å². The third kappa shape index (κ3) is 3.84. The van der Waals surface area contributed by atoms with Gasteiger partial charge in [-0.3, -0.25) is 14.5 Å². The number of aryl methyl sites for hydroxylation is 1. The van der Waals surface area contributed by atoms with Crippen molar-refractivity contribution >= 4 is 30.4 Å². The molecule has 2 rings (SSSR count). The van der Waals surface area contributed by atoms with Crippen LogP contribution in [0.1, 0.15) is 31.1 Å². The lowest BCUT2D eigenvalue weighted by molar-refractivity contribution is -0.145. The van der Waals surface area contributed by atoms with Crippen molar-refractivity contribution in [3.63, 3.8) is 0 Å². The number of anilines is 1. The van der Waals surface area contributed by atoms with Crippen LogP contribution in [0.3, 0.4) is 0 Å². The number of furan rings is 1. The first-order chi connectivity index (χ1) is 11.0. The monoisotopic (exact) mass is 319 g/mol. The van der Waals surface area contributed by atoms with Gasteiger partial charge in [0.25, 0.3) is 0 Å². The lowest BCUT2D eigenvalue weighted by atomic mass is 9.75. The van der Waals surface area contributed by atoms with E-state index in [-0.39, 0.29) is 30.0 Å². The summed E-state index contributed by atoms with van der Waals surface area (Å²) < 4.78 is 15.8. The molecular formula is C14H18BN3O5. The average molecular weight is 319 g/mol. The first-order valence-electron chi connectivity index (χ1n) is 7.34. The van der Waals surface area contributed by atoms with Crippen LogP contribution in [0.5, 0.6) is 0 Å². The van der Waals surface area contributed by atoms with Crippen molar-refractivity contribution in [3.05, 3.63) is 11.3 Å². The number of nitrogens with two attached hydrogens (primary N) is 1. The predicted molar refractivity (Wildman–Crippen MR) is 81.5 cm³/mol. The second-order valence-corrected chi connectivity index (χ2v) is 5.38. The first kappa shape index (κ1) is 16.9. The number of hydrogen-bond donors (Lipinski definition) is 1. The maximum Gasteiger partial charge on any atom is 0.641 e. The SMILES string of the molecule is CCCCc1oc(N)c(C#N)c1B1OC(=O)CN(C)CC(=O)O1. The molecule has 0 atom stereocenters. The average Bonchev–Trinajstić information content (AvgIpc) is 2.78. The molecule has 1 aliphatic heterocycles. The number of nitrogens with zero attached hydrogens (tertiary/aromatic N) is 2. The number of nitrogen functional groups attached to an aromatic ring is 1. The van der Waals surface area contributed by atoms with Gasteiger partial charge in [-0.2, -0.15) is 5.26 Å². The van der Waals surface area contributed by atoms with Gasteiger partial charge in [0.1, 0.15) is 17.4 Å². The van der Waals surface area contributed by atoms with Crippen molar-refractivity contribution in [2.75, 3.05) is 25.9 Å². The normalized spacial score (nSPS) is 16.3. The molecule has 0 amide bonds. The highest BCUT2D eigenvalue weighted by molar-refractivity contribution is 6.65. The number of hydrogen-bond acceptors (Lipinski definition) is 8. The number of rotatable bonds is 4. The predicted octanol–water partition coefficient (Wildman–Crippen LogP) is -0.197. The fourth-order valence-corrected chi connectivity index (χ4v) is 2.35. The lowest BCUT2D eigenvalue weighted by Gasteiger charge is -2.22. The molecule has 0 unspecified atom stereocenters.